The van der Waals surface area contributed by atoms with Crippen molar-refractivity contribution in [2.45, 2.75) is 33.1 Å². The van der Waals surface area contributed by atoms with Gasteiger partial charge in [0.1, 0.15) is 0 Å². The van der Waals surface area contributed by atoms with Gasteiger partial charge in [-0.1, -0.05) is 56.8 Å². The van der Waals surface area contributed by atoms with Gasteiger partial charge in [0.05, 0.1) is 5.92 Å². The summed E-state index contributed by atoms with van der Waals surface area (Å²) in [4.78, 5) is 11.9. The molecule has 0 aliphatic heterocycles. The minimum atomic E-state index is -0.0466. The fourth-order valence-electron chi connectivity index (χ4n) is 1.83. The van der Waals surface area contributed by atoms with E-state index in [1.54, 1.807) is 0 Å². The van der Waals surface area contributed by atoms with Crippen LogP contribution in [0.25, 0.3) is 0 Å². The van der Waals surface area contributed by atoms with Crippen LogP contribution in [0, 0.1) is 5.92 Å². The number of hydrogen-bond donors (Lipinski definition) is 1. The summed E-state index contributed by atoms with van der Waals surface area (Å²) in [5.41, 5.74) is 7.84. The largest absolute Gasteiger partial charge is 0.330 e. The fraction of sp³-hybridized carbons (Fsp3) is 0.533. The van der Waals surface area contributed by atoms with Crippen LogP contribution in [-0.2, 0) is 11.2 Å². The molecule has 0 amide bonds. The number of rotatable bonds is 6. The Morgan fingerprint density at radius 1 is 1.21 bits per heavy atom. The normalized spacial score (nSPS) is 12.1. The highest BCUT2D eigenvalue weighted by atomic mass is 35.5. The van der Waals surface area contributed by atoms with Gasteiger partial charge in [-0.3, -0.25) is 4.79 Å². The topological polar surface area (TPSA) is 43.1 Å². The van der Waals surface area contributed by atoms with Crippen molar-refractivity contribution in [2.75, 3.05) is 12.3 Å². The van der Waals surface area contributed by atoms with E-state index >= 15 is 0 Å². The van der Waals surface area contributed by atoms with Crippen molar-refractivity contribution < 1.29 is 4.79 Å². The molecule has 0 fully saturated rings. The summed E-state index contributed by atoms with van der Waals surface area (Å²) in [6.45, 7) is 6.94. The van der Waals surface area contributed by atoms with E-state index in [0.29, 0.717) is 18.2 Å². The van der Waals surface area contributed by atoms with Crippen LogP contribution < -0.4 is 5.73 Å². The zero-order chi connectivity index (χ0) is 13.5. The number of carbonyl (C=O) groups excluding carboxylic acids is 1. The molecule has 0 saturated heterocycles. The zero-order valence-electron chi connectivity index (χ0n) is 11.9. The van der Waals surface area contributed by atoms with E-state index in [2.05, 4.69) is 38.1 Å². The lowest BCUT2D eigenvalue weighted by Gasteiger charge is -2.11. The van der Waals surface area contributed by atoms with Gasteiger partial charge in [-0.05, 0) is 23.5 Å². The highest BCUT2D eigenvalue weighted by molar-refractivity contribution is 8.13. The lowest BCUT2D eigenvalue weighted by atomic mass is 9.97. The maximum atomic E-state index is 11.9. The van der Waals surface area contributed by atoms with Crippen LogP contribution in [0.3, 0.4) is 0 Å². The van der Waals surface area contributed by atoms with E-state index in [9.17, 15) is 4.79 Å². The molecule has 1 unspecified atom stereocenters. The van der Waals surface area contributed by atoms with E-state index in [0.717, 1.165) is 12.0 Å². The standard InChI is InChI=1S/C15H23NOS.ClH/c1-11(2)10-13-4-6-14(7-5-13)12(3)15(17)18-9-8-16;/h4-7,11-12H,8-10,16H2,1-3H3;1H. The third kappa shape index (κ3) is 6.46. The van der Waals surface area contributed by atoms with E-state index in [-0.39, 0.29) is 23.4 Å². The van der Waals surface area contributed by atoms with Crippen molar-refractivity contribution >= 4 is 29.3 Å². The Balaban J connectivity index is 0.00000324. The number of carbonyl (C=O) groups is 1. The first kappa shape index (κ1) is 18.5. The van der Waals surface area contributed by atoms with Crippen molar-refractivity contribution in [1.82, 2.24) is 0 Å². The third-order valence-corrected chi connectivity index (χ3v) is 3.92. The van der Waals surface area contributed by atoms with Crippen LogP contribution in [0.15, 0.2) is 24.3 Å². The maximum absolute atomic E-state index is 11.9. The number of hydrogen-bond acceptors (Lipinski definition) is 3. The lowest BCUT2D eigenvalue weighted by molar-refractivity contribution is -0.111. The Kier molecular flexibility index (Phi) is 9.15. The van der Waals surface area contributed by atoms with Gasteiger partial charge in [-0.2, -0.15) is 0 Å². The van der Waals surface area contributed by atoms with Crippen LogP contribution >= 0.6 is 24.2 Å². The molecule has 0 saturated carbocycles. The fourth-order valence-corrected chi connectivity index (χ4v) is 2.54. The molecule has 0 heterocycles. The van der Waals surface area contributed by atoms with E-state index in [1.807, 2.05) is 6.92 Å². The summed E-state index contributed by atoms with van der Waals surface area (Å²) in [7, 11) is 0. The molecule has 4 heteroatoms. The van der Waals surface area contributed by atoms with Crippen LogP contribution in [0.4, 0.5) is 0 Å². The van der Waals surface area contributed by atoms with Crippen LogP contribution in [0.2, 0.25) is 0 Å². The van der Waals surface area contributed by atoms with Gasteiger partial charge < -0.3 is 5.73 Å². The van der Waals surface area contributed by atoms with Crippen molar-refractivity contribution in [3.8, 4) is 0 Å². The molecule has 1 aromatic rings. The number of nitrogens with two attached hydrogens (primary N) is 1. The number of thioether (sulfide) groups is 1. The predicted octanol–water partition coefficient (Wildman–Crippen LogP) is 3.63. The quantitative estimate of drug-likeness (QED) is 0.872. The average molecular weight is 302 g/mol. The van der Waals surface area contributed by atoms with E-state index in [4.69, 9.17) is 5.73 Å². The molecule has 0 aliphatic rings. The molecule has 19 heavy (non-hydrogen) atoms. The molecule has 0 aliphatic carbocycles. The summed E-state index contributed by atoms with van der Waals surface area (Å²) >= 11 is 1.33. The first-order chi connectivity index (χ1) is 8.54. The molecule has 0 radical (unpaired) electrons. The van der Waals surface area contributed by atoms with Gasteiger partial charge in [0.25, 0.3) is 0 Å². The first-order valence-corrected chi connectivity index (χ1v) is 7.48. The van der Waals surface area contributed by atoms with Gasteiger partial charge in [0.2, 0.25) is 0 Å². The van der Waals surface area contributed by atoms with Crippen LogP contribution in [0.5, 0.6) is 0 Å². The van der Waals surface area contributed by atoms with Gasteiger partial charge in [-0.25, -0.2) is 0 Å². The Hall–Kier alpha value is -0.510. The second-order valence-electron chi connectivity index (χ2n) is 5.02. The van der Waals surface area contributed by atoms with Gasteiger partial charge in [0.15, 0.2) is 5.12 Å². The van der Waals surface area contributed by atoms with Crippen molar-refractivity contribution in [3.05, 3.63) is 35.4 Å². The molecule has 0 aromatic heterocycles. The predicted molar refractivity (Wildman–Crippen MR) is 87.2 cm³/mol. The first-order valence-electron chi connectivity index (χ1n) is 6.50. The Bertz CT molecular complexity index is 378. The molecule has 108 valence electrons. The molecule has 1 atom stereocenters. The second-order valence-corrected chi connectivity index (χ2v) is 6.12. The van der Waals surface area contributed by atoms with E-state index < -0.39 is 0 Å². The highest BCUT2D eigenvalue weighted by Gasteiger charge is 2.15. The number of halogens is 1. The SMILES string of the molecule is CC(C)Cc1ccc(C(C)C(=O)SCCN)cc1.Cl. The van der Waals surface area contributed by atoms with E-state index in [1.165, 1.54) is 17.3 Å². The van der Waals surface area contributed by atoms with Crippen molar-refractivity contribution in [3.63, 3.8) is 0 Å². The van der Waals surface area contributed by atoms with Crippen molar-refractivity contribution in [2.24, 2.45) is 11.7 Å². The molecular formula is C15H24ClNOS. The molecule has 2 N–H and O–H groups in total. The molecule has 2 nitrogen and oxygen atoms in total. The minimum Gasteiger partial charge on any atom is -0.330 e. The zero-order valence-corrected chi connectivity index (χ0v) is 13.5. The van der Waals surface area contributed by atoms with Crippen LogP contribution in [0.1, 0.15) is 37.8 Å². The highest BCUT2D eigenvalue weighted by Crippen LogP contribution is 2.22. The van der Waals surface area contributed by atoms with Crippen molar-refractivity contribution in [1.29, 1.82) is 0 Å². The van der Waals surface area contributed by atoms with Gasteiger partial charge in [-0.15, -0.1) is 12.4 Å². The minimum absolute atomic E-state index is 0. The van der Waals surface area contributed by atoms with Crippen LogP contribution in [-0.4, -0.2) is 17.4 Å². The summed E-state index contributed by atoms with van der Waals surface area (Å²) in [5.74, 6) is 1.32. The number of benzene rings is 1. The lowest BCUT2D eigenvalue weighted by Crippen LogP contribution is -2.09. The monoisotopic (exact) mass is 301 g/mol. The Morgan fingerprint density at radius 3 is 2.26 bits per heavy atom. The molecule has 1 rings (SSSR count). The molecule has 1 aromatic carbocycles. The third-order valence-electron chi connectivity index (χ3n) is 2.84. The smallest absolute Gasteiger partial charge is 0.196 e. The Morgan fingerprint density at radius 2 is 1.79 bits per heavy atom. The Labute approximate surface area is 126 Å². The van der Waals surface area contributed by atoms with Gasteiger partial charge >= 0.3 is 0 Å². The van der Waals surface area contributed by atoms with Gasteiger partial charge in [0, 0.05) is 12.3 Å². The molecule has 0 bridgehead atoms. The summed E-state index contributed by atoms with van der Waals surface area (Å²) < 4.78 is 0. The maximum Gasteiger partial charge on any atom is 0.196 e. The second kappa shape index (κ2) is 9.40. The molecule has 0 spiro atoms. The summed E-state index contributed by atoms with van der Waals surface area (Å²) in [6, 6.07) is 8.41. The average Bonchev–Trinajstić information content (AvgIpc) is 2.35. The summed E-state index contributed by atoms with van der Waals surface area (Å²) in [6.07, 6.45) is 1.09. The molecular weight excluding hydrogens is 278 g/mol. The summed E-state index contributed by atoms with van der Waals surface area (Å²) in [5, 5.41) is 0.206.